The third-order valence-electron chi connectivity index (χ3n) is 5.86. The zero-order valence-corrected chi connectivity index (χ0v) is 20.8. The fourth-order valence-electron chi connectivity index (χ4n) is 4.31. The van der Waals surface area contributed by atoms with E-state index < -0.39 is 5.91 Å². The molecular formula is C27H29N5O4. The number of ether oxygens (including phenoxy) is 2. The third-order valence-corrected chi connectivity index (χ3v) is 5.86. The molecule has 0 bridgehead atoms. The average molecular weight is 488 g/mol. The molecule has 1 fully saturated rings. The van der Waals surface area contributed by atoms with Crippen molar-refractivity contribution >= 4 is 29.1 Å². The SMILES string of the molecule is CCOc1ccc(NC(=O)/C(C#N)=C/c2c(N3C[C@@H](C)O[C@@H](C)C3)nc3c(C)cccn3c2=O)cc1. The van der Waals surface area contributed by atoms with Gasteiger partial charge in [-0.05, 0) is 69.7 Å². The first kappa shape index (κ1) is 24.9. The summed E-state index contributed by atoms with van der Waals surface area (Å²) in [6.07, 6.45) is 2.82. The van der Waals surface area contributed by atoms with Gasteiger partial charge in [0.25, 0.3) is 11.5 Å². The van der Waals surface area contributed by atoms with E-state index in [1.165, 1.54) is 10.5 Å². The molecule has 9 heteroatoms. The smallest absolute Gasteiger partial charge is 0.267 e. The first-order chi connectivity index (χ1) is 17.3. The zero-order chi connectivity index (χ0) is 25.8. The van der Waals surface area contributed by atoms with Gasteiger partial charge in [-0.15, -0.1) is 0 Å². The van der Waals surface area contributed by atoms with E-state index >= 15 is 0 Å². The highest BCUT2D eigenvalue weighted by atomic mass is 16.5. The van der Waals surface area contributed by atoms with Crippen LogP contribution in [0.1, 0.15) is 31.9 Å². The average Bonchev–Trinajstić information content (AvgIpc) is 2.84. The molecule has 1 aliphatic heterocycles. The number of aromatic nitrogens is 2. The summed E-state index contributed by atoms with van der Waals surface area (Å²) in [5.41, 5.74) is 1.49. The number of rotatable bonds is 6. The van der Waals surface area contributed by atoms with Gasteiger partial charge in [0.2, 0.25) is 0 Å². The van der Waals surface area contributed by atoms with Crippen molar-refractivity contribution in [2.45, 2.75) is 39.9 Å². The number of amides is 1. The summed E-state index contributed by atoms with van der Waals surface area (Å²) >= 11 is 0. The van der Waals surface area contributed by atoms with Crippen LogP contribution in [-0.2, 0) is 9.53 Å². The zero-order valence-electron chi connectivity index (χ0n) is 20.8. The van der Waals surface area contributed by atoms with Gasteiger partial charge in [-0.2, -0.15) is 5.26 Å². The maximum atomic E-state index is 13.6. The fraction of sp³-hybridized carbons (Fsp3) is 0.333. The standard InChI is InChI=1S/C27H29N5O4/c1-5-35-22-10-8-21(9-11-22)29-26(33)20(14-28)13-23-25(31-15-18(3)36-19(4)16-31)30-24-17(2)7-6-12-32(24)27(23)34/h6-13,18-19H,5,15-16H2,1-4H3,(H,29,33)/b20-13+/t18-,19+. The largest absolute Gasteiger partial charge is 0.494 e. The molecular weight excluding hydrogens is 458 g/mol. The van der Waals surface area contributed by atoms with Crippen molar-refractivity contribution in [3.05, 3.63) is 69.6 Å². The van der Waals surface area contributed by atoms with Crippen LogP contribution in [-0.4, -0.2) is 47.2 Å². The molecule has 0 unspecified atom stereocenters. The summed E-state index contributed by atoms with van der Waals surface area (Å²) < 4.78 is 12.7. The van der Waals surface area contributed by atoms with Crippen LogP contribution in [0.2, 0.25) is 0 Å². The predicted molar refractivity (Wildman–Crippen MR) is 138 cm³/mol. The Labute approximate surface area is 209 Å². The summed E-state index contributed by atoms with van der Waals surface area (Å²) in [5, 5.41) is 12.5. The van der Waals surface area contributed by atoms with Gasteiger partial charge in [-0.25, -0.2) is 4.98 Å². The van der Waals surface area contributed by atoms with Gasteiger partial charge >= 0.3 is 0 Å². The number of fused-ring (bicyclic) bond motifs is 1. The highest BCUT2D eigenvalue weighted by Crippen LogP contribution is 2.24. The molecule has 3 heterocycles. The molecule has 0 spiro atoms. The highest BCUT2D eigenvalue weighted by molar-refractivity contribution is 6.10. The number of nitriles is 1. The number of nitrogens with one attached hydrogen (secondary N) is 1. The second kappa shape index (κ2) is 10.6. The number of benzene rings is 1. The molecule has 1 aliphatic rings. The topological polar surface area (TPSA) is 109 Å². The summed E-state index contributed by atoms with van der Waals surface area (Å²) in [7, 11) is 0. The molecule has 0 radical (unpaired) electrons. The lowest BCUT2D eigenvalue weighted by Crippen LogP contribution is -2.46. The van der Waals surface area contributed by atoms with E-state index in [1.54, 1.807) is 36.5 Å². The summed E-state index contributed by atoms with van der Waals surface area (Å²) in [6.45, 7) is 9.28. The van der Waals surface area contributed by atoms with Crippen molar-refractivity contribution in [1.29, 1.82) is 5.26 Å². The lowest BCUT2D eigenvalue weighted by Gasteiger charge is -2.36. The number of hydrogen-bond donors (Lipinski definition) is 1. The molecule has 1 amide bonds. The molecule has 3 aromatic rings. The third kappa shape index (κ3) is 5.24. The molecule has 36 heavy (non-hydrogen) atoms. The van der Waals surface area contributed by atoms with Gasteiger partial charge in [0.15, 0.2) is 0 Å². The number of hydrogen-bond acceptors (Lipinski definition) is 7. The number of aryl methyl sites for hydroxylation is 1. The summed E-state index contributed by atoms with van der Waals surface area (Å²) in [4.78, 5) is 33.4. The van der Waals surface area contributed by atoms with Crippen LogP contribution in [0.5, 0.6) is 5.75 Å². The van der Waals surface area contributed by atoms with Crippen LogP contribution in [0, 0.1) is 18.3 Å². The molecule has 1 aromatic carbocycles. The van der Waals surface area contributed by atoms with E-state index in [0.29, 0.717) is 42.6 Å². The number of carbonyl (C=O) groups excluding carboxylic acids is 1. The van der Waals surface area contributed by atoms with E-state index in [0.717, 1.165) is 5.56 Å². The first-order valence-electron chi connectivity index (χ1n) is 11.9. The monoisotopic (exact) mass is 487 g/mol. The molecule has 0 saturated carbocycles. The number of anilines is 2. The Kier molecular flexibility index (Phi) is 7.36. The lowest BCUT2D eigenvalue weighted by atomic mass is 10.1. The maximum Gasteiger partial charge on any atom is 0.267 e. The summed E-state index contributed by atoms with van der Waals surface area (Å²) in [6, 6.07) is 12.4. The first-order valence-corrected chi connectivity index (χ1v) is 11.9. The van der Waals surface area contributed by atoms with Gasteiger partial charge in [0.05, 0.1) is 24.4 Å². The number of morpholine rings is 1. The second-order valence-corrected chi connectivity index (χ2v) is 8.78. The predicted octanol–water partition coefficient (Wildman–Crippen LogP) is 3.56. The minimum atomic E-state index is -0.620. The van der Waals surface area contributed by atoms with Crippen molar-refractivity contribution in [3.8, 4) is 11.8 Å². The molecule has 0 aliphatic carbocycles. The van der Waals surface area contributed by atoms with Gasteiger partial charge in [-0.1, -0.05) is 6.07 Å². The van der Waals surface area contributed by atoms with Gasteiger partial charge in [-0.3, -0.25) is 14.0 Å². The van der Waals surface area contributed by atoms with Crippen molar-refractivity contribution in [1.82, 2.24) is 9.38 Å². The molecule has 186 valence electrons. The van der Waals surface area contributed by atoms with E-state index in [4.69, 9.17) is 14.5 Å². The second-order valence-electron chi connectivity index (χ2n) is 8.78. The minimum absolute atomic E-state index is 0.0684. The van der Waals surface area contributed by atoms with Crippen molar-refractivity contribution in [2.24, 2.45) is 0 Å². The van der Waals surface area contributed by atoms with Gasteiger partial charge in [0, 0.05) is 25.0 Å². The number of nitrogens with zero attached hydrogens (tertiary/aromatic N) is 4. The Bertz CT molecular complexity index is 1390. The van der Waals surface area contributed by atoms with E-state index in [2.05, 4.69) is 5.32 Å². The maximum absolute atomic E-state index is 13.6. The van der Waals surface area contributed by atoms with E-state index in [9.17, 15) is 14.9 Å². The minimum Gasteiger partial charge on any atom is -0.494 e. The molecule has 4 rings (SSSR count). The number of pyridine rings is 1. The highest BCUT2D eigenvalue weighted by Gasteiger charge is 2.27. The Morgan fingerprint density at radius 2 is 1.94 bits per heavy atom. The summed E-state index contributed by atoms with van der Waals surface area (Å²) in [5.74, 6) is 0.485. The van der Waals surface area contributed by atoms with Crippen LogP contribution in [0.3, 0.4) is 0 Å². The Balaban J connectivity index is 1.77. The van der Waals surface area contributed by atoms with Crippen LogP contribution in [0.15, 0.2) is 53.0 Å². The van der Waals surface area contributed by atoms with Crippen molar-refractivity contribution < 1.29 is 14.3 Å². The lowest BCUT2D eigenvalue weighted by molar-refractivity contribution is -0.112. The fourth-order valence-corrected chi connectivity index (χ4v) is 4.31. The normalized spacial score (nSPS) is 18.1. The molecule has 9 nitrogen and oxygen atoms in total. The van der Waals surface area contributed by atoms with Crippen LogP contribution in [0.4, 0.5) is 11.5 Å². The quantitative estimate of drug-likeness (QED) is 0.418. The van der Waals surface area contributed by atoms with Crippen molar-refractivity contribution in [2.75, 3.05) is 29.9 Å². The molecule has 1 saturated heterocycles. The number of carbonyl (C=O) groups is 1. The van der Waals surface area contributed by atoms with Crippen LogP contribution < -0.4 is 20.5 Å². The molecule has 1 N–H and O–H groups in total. The Morgan fingerprint density at radius 1 is 1.25 bits per heavy atom. The molecule has 2 aromatic heterocycles. The van der Waals surface area contributed by atoms with Gasteiger partial charge in [0.1, 0.15) is 28.9 Å². The van der Waals surface area contributed by atoms with Gasteiger partial charge < -0.3 is 19.7 Å². The van der Waals surface area contributed by atoms with E-state index in [1.807, 2.05) is 44.7 Å². The Morgan fingerprint density at radius 3 is 2.58 bits per heavy atom. The van der Waals surface area contributed by atoms with Crippen molar-refractivity contribution in [3.63, 3.8) is 0 Å². The Hall–Kier alpha value is -4.16. The van der Waals surface area contributed by atoms with E-state index in [-0.39, 0.29) is 28.9 Å². The van der Waals surface area contributed by atoms with Crippen LogP contribution >= 0.6 is 0 Å². The van der Waals surface area contributed by atoms with Crippen LogP contribution in [0.25, 0.3) is 11.7 Å². The molecule has 2 atom stereocenters.